The number of methoxy groups -OCH3 is 2. The summed E-state index contributed by atoms with van der Waals surface area (Å²) in [6.45, 7) is 0. The Hall–Kier alpha value is -1.78. The van der Waals surface area contributed by atoms with Gasteiger partial charge in [-0.1, -0.05) is 0 Å². The van der Waals surface area contributed by atoms with Crippen LogP contribution in [0.2, 0.25) is 0 Å². The molecule has 0 aromatic carbocycles. The highest BCUT2D eigenvalue weighted by atomic mass is 16.5. The zero-order valence-electron chi connectivity index (χ0n) is 8.56. The van der Waals surface area contributed by atoms with Crippen LogP contribution < -0.4 is 0 Å². The standard InChI is InChI=1S/C10H12O5/c1-13-9(11)6-7(10(12)14-2)8-4-3-5-15-8/h3-5,7H,6H2,1-2H3. The van der Waals surface area contributed by atoms with Crippen molar-refractivity contribution in [3.8, 4) is 0 Å². The number of furan rings is 1. The second kappa shape index (κ2) is 5.19. The molecule has 1 rings (SSSR count). The Morgan fingerprint density at radius 3 is 2.60 bits per heavy atom. The smallest absolute Gasteiger partial charge is 0.316 e. The third-order valence-electron chi connectivity index (χ3n) is 1.97. The average Bonchev–Trinajstić information content (AvgIpc) is 2.77. The first kappa shape index (κ1) is 11.3. The average molecular weight is 212 g/mol. The van der Waals surface area contributed by atoms with Crippen LogP contribution in [0.5, 0.6) is 0 Å². The fourth-order valence-electron chi connectivity index (χ4n) is 1.18. The molecule has 5 heteroatoms. The Morgan fingerprint density at radius 2 is 2.13 bits per heavy atom. The van der Waals surface area contributed by atoms with Crippen molar-refractivity contribution in [2.75, 3.05) is 14.2 Å². The molecule has 0 N–H and O–H groups in total. The summed E-state index contributed by atoms with van der Waals surface area (Å²) in [6, 6.07) is 3.26. The molecule has 0 spiro atoms. The SMILES string of the molecule is COC(=O)CC(C(=O)OC)c1ccco1. The fourth-order valence-corrected chi connectivity index (χ4v) is 1.18. The van der Waals surface area contributed by atoms with Crippen LogP contribution in [0.1, 0.15) is 18.1 Å². The molecule has 0 bridgehead atoms. The Kier molecular flexibility index (Phi) is 3.91. The number of rotatable bonds is 4. The lowest BCUT2D eigenvalue weighted by atomic mass is 10.0. The highest BCUT2D eigenvalue weighted by Gasteiger charge is 2.27. The monoisotopic (exact) mass is 212 g/mol. The normalized spacial score (nSPS) is 11.9. The first-order valence-electron chi connectivity index (χ1n) is 4.37. The molecule has 0 amide bonds. The van der Waals surface area contributed by atoms with Crippen LogP contribution in [0, 0.1) is 0 Å². The van der Waals surface area contributed by atoms with E-state index in [1.807, 2.05) is 0 Å². The molecule has 5 nitrogen and oxygen atoms in total. The number of hydrogen-bond donors (Lipinski definition) is 0. The molecule has 0 aliphatic carbocycles. The van der Waals surface area contributed by atoms with Gasteiger partial charge in [-0.15, -0.1) is 0 Å². The van der Waals surface area contributed by atoms with Gasteiger partial charge in [-0.25, -0.2) is 0 Å². The summed E-state index contributed by atoms with van der Waals surface area (Å²) < 4.78 is 14.1. The maximum atomic E-state index is 11.4. The van der Waals surface area contributed by atoms with Crippen molar-refractivity contribution in [2.24, 2.45) is 0 Å². The molecule has 0 fully saturated rings. The minimum absolute atomic E-state index is 0.0866. The van der Waals surface area contributed by atoms with Crippen LogP contribution in [-0.2, 0) is 19.1 Å². The Labute approximate surface area is 87.0 Å². The summed E-state index contributed by atoms with van der Waals surface area (Å²) in [6.07, 6.45) is 1.35. The Balaban J connectivity index is 2.79. The molecule has 0 saturated heterocycles. The van der Waals surface area contributed by atoms with Gasteiger partial charge < -0.3 is 13.9 Å². The number of ether oxygens (including phenoxy) is 2. The van der Waals surface area contributed by atoms with E-state index in [0.29, 0.717) is 5.76 Å². The first-order valence-corrected chi connectivity index (χ1v) is 4.37. The van der Waals surface area contributed by atoms with E-state index in [-0.39, 0.29) is 6.42 Å². The van der Waals surface area contributed by atoms with Crippen molar-refractivity contribution in [3.05, 3.63) is 24.2 Å². The van der Waals surface area contributed by atoms with Crippen molar-refractivity contribution in [3.63, 3.8) is 0 Å². The van der Waals surface area contributed by atoms with E-state index >= 15 is 0 Å². The van der Waals surface area contributed by atoms with E-state index < -0.39 is 17.9 Å². The molecular weight excluding hydrogens is 200 g/mol. The molecule has 82 valence electrons. The molecule has 0 aliphatic rings. The molecule has 15 heavy (non-hydrogen) atoms. The third kappa shape index (κ3) is 2.83. The Bertz CT molecular complexity index is 328. The summed E-state index contributed by atoms with van der Waals surface area (Å²) in [5, 5.41) is 0. The second-order valence-electron chi connectivity index (χ2n) is 2.87. The van der Waals surface area contributed by atoms with Crippen LogP contribution in [0.15, 0.2) is 22.8 Å². The lowest BCUT2D eigenvalue weighted by Gasteiger charge is -2.10. The van der Waals surface area contributed by atoms with Gasteiger partial charge >= 0.3 is 11.9 Å². The fraction of sp³-hybridized carbons (Fsp3) is 0.400. The third-order valence-corrected chi connectivity index (χ3v) is 1.97. The molecule has 1 atom stereocenters. The zero-order chi connectivity index (χ0) is 11.3. The van der Waals surface area contributed by atoms with Gasteiger partial charge in [0.2, 0.25) is 0 Å². The van der Waals surface area contributed by atoms with E-state index in [2.05, 4.69) is 9.47 Å². The summed E-state index contributed by atoms with van der Waals surface area (Å²) in [4.78, 5) is 22.4. The Morgan fingerprint density at radius 1 is 1.40 bits per heavy atom. The quantitative estimate of drug-likeness (QED) is 0.699. The van der Waals surface area contributed by atoms with Crippen molar-refractivity contribution >= 4 is 11.9 Å². The lowest BCUT2D eigenvalue weighted by Crippen LogP contribution is -2.18. The number of carbonyl (C=O) groups excluding carboxylic acids is 2. The number of hydrogen-bond acceptors (Lipinski definition) is 5. The van der Waals surface area contributed by atoms with Gasteiger partial charge in [0, 0.05) is 0 Å². The van der Waals surface area contributed by atoms with Crippen molar-refractivity contribution in [1.82, 2.24) is 0 Å². The van der Waals surface area contributed by atoms with E-state index in [9.17, 15) is 9.59 Å². The predicted molar refractivity (Wildman–Crippen MR) is 50.1 cm³/mol. The number of esters is 2. The molecule has 0 aliphatic heterocycles. The van der Waals surface area contributed by atoms with Crippen LogP contribution >= 0.6 is 0 Å². The second-order valence-corrected chi connectivity index (χ2v) is 2.87. The molecule has 0 saturated carbocycles. The lowest BCUT2D eigenvalue weighted by molar-refractivity contribution is -0.149. The van der Waals surface area contributed by atoms with Gasteiger partial charge in [-0.05, 0) is 12.1 Å². The van der Waals surface area contributed by atoms with Gasteiger partial charge in [0.15, 0.2) is 0 Å². The molecule has 1 aromatic heterocycles. The minimum Gasteiger partial charge on any atom is -0.469 e. The van der Waals surface area contributed by atoms with Gasteiger partial charge in [0.1, 0.15) is 11.7 Å². The first-order chi connectivity index (χ1) is 7.19. The molecule has 1 aromatic rings. The minimum atomic E-state index is -0.738. The molecule has 1 heterocycles. The molecule has 1 unspecified atom stereocenters. The van der Waals surface area contributed by atoms with E-state index in [0.717, 1.165) is 0 Å². The van der Waals surface area contributed by atoms with Crippen LogP contribution in [0.4, 0.5) is 0 Å². The van der Waals surface area contributed by atoms with Crippen LogP contribution in [-0.4, -0.2) is 26.2 Å². The van der Waals surface area contributed by atoms with Crippen molar-refractivity contribution < 1.29 is 23.5 Å². The highest BCUT2D eigenvalue weighted by Crippen LogP contribution is 2.22. The maximum absolute atomic E-state index is 11.4. The topological polar surface area (TPSA) is 65.7 Å². The summed E-state index contributed by atoms with van der Waals surface area (Å²) in [5.74, 6) is -1.35. The molecular formula is C10H12O5. The largest absolute Gasteiger partial charge is 0.469 e. The highest BCUT2D eigenvalue weighted by molar-refractivity contribution is 5.83. The number of carbonyl (C=O) groups is 2. The van der Waals surface area contributed by atoms with E-state index in [4.69, 9.17) is 4.42 Å². The van der Waals surface area contributed by atoms with Gasteiger partial charge in [-0.2, -0.15) is 0 Å². The van der Waals surface area contributed by atoms with Gasteiger partial charge in [0.05, 0.1) is 26.9 Å². The van der Waals surface area contributed by atoms with Crippen molar-refractivity contribution in [1.29, 1.82) is 0 Å². The molecule has 0 radical (unpaired) electrons. The zero-order valence-corrected chi connectivity index (χ0v) is 8.56. The van der Waals surface area contributed by atoms with Crippen LogP contribution in [0.25, 0.3) is 0 Å². The van der Waals surface area contributed by atoms with E-state index in [1.165, 1.54) is 20.5 Å². The summed E-state index contributed by atoms with van der Waals surface area (Å²) in [7, 11) is 2.52. The van der Waals surface area contributed by atoms with Crippen LogP contribution in [0.3, 0.4) is 0 Å². The summed E-state index contributed by atoms with van der Waals surface area (Å²) in [5.41, 5.74) is 0. The van der Waals surface area contributed by atoms with Crippen molar-refractivity contribution in [2.45, 2.75) is 12.3 Å². The van der Waals surface area contributed by atoms with Gasteiger partial charge in [0.25, 0.3) is 0 Å². The van der Waals surface area contributed by atoms with E-state index in [1.54, 1.807) is 12.1 Å². The maximum Gasteiger partial charge on any atom is 0.316 e. The van der Waals surface area contributed by atoms with Gasteiger partial charge in [-0.3, -0.25) is 9.59 Å². The predicted octanol–water partition coefficient (Wildman–Crippen LogP) is 1.10. The summed E-state index contributed by atoms with van der Waals surface area (Å²) >= 11 is 0.